The van der Waals surface area contributed by atoms with Crippen LogP contribution in [0.1, 0.15) is 0 Å². The van der Waals surface area contributed by atoms with Gasteiger partial charge in [-0.2, -0.15) is 0 Å². The topological polar surface area (TPSA) is 35.9 Å². The Morgan fingerprint density at radius 1 is 1.05 bits per heavy atom. The van der Waals surface area contributed by atoms with Crippen molar-refractivity contribution in [1.29, 1.82) is 0 Å². The van der Waals surface area contributed by atoms with Crippen LogP contribution >= 0.6 is 0 Å². The van der Waals surface area contributed by atoms with Gasteiger partial charge in [0.1, 0.15) is 6.61 Å². The standard InChI is InChI=1S/C17H22N2O2/c1-18-6-8-19(9-7-18)10-11-21-17-13-15-5-3-2-4-14(15)12-16(17)20/h2-5,12-13,20H,6-11H2,1H3. The van der Waals surface area contributed by atoms with Gasteiger partial charge in [0.25, 0.3) is 0 Å². The van der Waals surface area contributed by atoms with Crippen LogP contribution < -0.4 is 4.74 Å². The summed E-state index contributed by atoms with van der Waals surface area (Å²) < 4.78 is 5.77. The van der Waals surface area contributed by atoms with Crippen LogP contribution in [0.3, 0.4) is 0 Å². The number of aromatic hydroxyl groups is 1. The highest BCUT2D eigenvalue weighted by Crippen LogP contribution is 2.31. The molecule has 0 atom stereocenters. The van der Waals surface area contributed by atoms with Crippen LogP contribution in [0.2, 0.25) is 0 Å². The lowest BCUT2D eigenvalue weighted by Crippen LogP contribution is -2.45. The Hall–Kier alpha value is -1.78. The largest absolute Gasteiger partial charge is 0.504 e. The fourth-order valence-electron chi connectivity index (χ4n) is 2.68. The van der Waals surface area contributed by atoms with Crippen molar-refractivity contribution < 1.29 is 9.84 Å². The zero-order chi connectivity index (χ0) is 14.7. The molecule has 1 N–H and O–H groups in total. The molecule has 0 amide bonds. The Morgan fingerprint density at radius 2 is 1.71 bits per heavy atom. The van der Waals surface area contributed by atoms with Gasteiger partial charge in [-0.25, -0.2) is 0 Å². The van der Waals surface area contributed by atoms with Crippen LogP contribution in [0.25, 0.3) is 10.8 Å². The molecule has 4 nitrogen and oxygen atoms in total. The van der Waals surface area contributed by atoms with Crippen molar-refractivity contribution in [2.45, 2.75) is 0 Å². The third kappa shape index (κ3) is 3.46. The number of phenols is 1. The minimum absolute atomic E-state index is 0.215. The summed E-state index contributed by atoms with van der Waals surface area (Å²) >= 11 is 0. The number of phenolic OH excluding ortho intramolecular Hbond substituents is 1. The highest BCUT2D eigenvalue weighted by molar-refractivity contribution is 5.85. The third-order valence-electron chi connectivity index (χ3n) is 4.09. The van der Waals surface area contributed by atoms with Crippen molar-refractivity contribution >= 4 is 10.8 Å². The van der Waals surface area contributed by atoms with Crippen molar-refractivity contribution in [2.75, 3.05) is 46.4 Å². The van der Waals surface area contributed by atoms with Gasteiger partial charge in [0.2, 0.25) is 0 Å². The highest BCUT2D eigenvalue weighted by atomic mass is 16.5. The maximum atomic E-state index is 10.0. The molecule has 0 spiro atoms. The highest BCUT2D eigenvalue weighted by Gasteiger charge is 2.13. The Kier molecular flexibility index (Phi) is 4.27. The van der Waals surface area contributed by atoms with E-state index >= 15 is 0 Å². The summed E-state index contributed by atoms with van der Waals surface area (Å²) in [7, 11) is 2.15. The van der Waals surface area contributed by atoms with E-state index < -0.39 is 0 Å². The summed E-state index contributed by atoms with van der Waals surface area (Å²) in [5.41, 5.74) is 0. The van der Waals surface area contributed by atoms with Crippen LogP contribution in [0.4, 0.5) is 0 Å². The molecular formula is C17H22N2O2. The molecular weight excluding hydrogens is 264 g/mol. The van der Waals surface area contributed by atoms with Gasteiger partial charge in [-0.05, 0) is 30.0 Å². The number of hydrogen-bond donors (Lipinski definition) is 1. The molecule has 0 saturated carbocycles. The number of rotatable bonds is 4. The monoisotopic (exact) mass is 286 g/mol. The van der Waals surface area contributed by atoms with E-state index in [0.29, 0.717) is 12.4 Å². The molecule has 1 aliphatic rings. The smallest absolute Gasteiger partial charge is 0.161 e. The first-order chi connectivity index (χ1) is 10.2. The molecule has 1 heterocycles. The van der Waals surface area contributed by atoms with Gasteiger partial charge in [0.05, 0.1) is 0 Å². The van der Waals surface area contributed by atoms with Gasteiger partial charge in [-0.15, -0.1) is 0 Å². The van der Waals surface area contributed by atoms with Crippen molar-refractivity contribution in [2.24, 2.45) is 0 Å². The average molecular weight is 286 g/mol. The number of likely N-dealkylation sites (N-methyl/N-ethyl adjacent to an activating group) is 1. The van der Waals surface area contributed by atoms with E-state index in [1.807, 2.05) is 30.3 Å². The lowest BCUT2D eigenvalue weighted by molar-refractivity contribution is 0.133. The molecule has 0 aliphatic carbocycles. The number of hydrogen-bond acceptors (Lipinski definition) is 4. The zero-order valence-corrected chi connectivity index (χ0v) is 12.5. The maximum absolute atomic E-state index is 10.0. The molecule has 21 heavy (non-hydrogen) atoms. The molecule has 0 bridgehead atoms. The fraction of sp³-hybridized carbons (Fsp3) is 0.412. The molecule has 0 aromatic heterocycles. The summed E-state index contributed by atoms with van der Waals surface area (Å²) in [6.07, 6.45) is 0. The van der Waals surface area contributed by atoms with E-state index in [2.05, 4.69) is 16.8 Å². The van der Waals surface area contributed by atoms with Crippen LogP contribution in [-0.4, -0.2) is 61.3 Å². The van der Waals surface area contributed by atoms with Gasteiger partial charge >= 0.3 is 0 Å². The van der Waals surface area contributed by atoms with Crippen LogP contribution in [0, 0.1) is 0 Å². The molecule has 4 heteroatoms. The number of ether oxygens (including phenoxy) is 1. The molecule has 1 saturated heterocycles. The van der Waals surface area contributed by atoms with E-state index in [-0.39, 0.29) is 5.75 Å². The summed E-state index contributed by atoms with van der Waals surface area (Å²) in [6, 6.07) is 11.7. The van der Waals surface area contributed by atoms with Crippen LogP contribution in [-0.2, 0) is 0 Å². The van der Waals surface area contributed by atoms with E-state index in [9.17, 15) is 5.11 Å². The molecule has 0 radical (unpaired) electrons. The Bertz CT molecular complexity index is 607. The number of benzene rings is 2. The van der Waals surface area contributed by atoms with Gasteiger partial charge in [0.15, 0.2) is 11.5 Å². The van der Waals surface area contributed by atoms with Gasteiger partial charge in [-0.3, -0.25) is 4.90 Å². The summed E-state index contributed by atoms with van der Waals surface area (Å²) in [5, 5.41) is 12.2. The first-order valence-electron chi connectivity index (χ1n) is 7.48. The Balaban J connectivity index is 1.59. The second-order valence-corrected chi connectivity index (χ2v) is 5.66. The zero-order valence-electron chi connectivity index (χ0n) is 12.5. The summed E-state index contributed by atoms with van der Waals surface area (Å²) in [5.74, 6) is 0.787. The van der Waals surface area contributed by atoms with Crippen LogP contribution in [0.5, 0.6) is 11.5 Å². The minimum Gasteiger partial charge on any atom is -0.504 e. The maximum Gasteiger partial charge on any atom is 0.161 e. The predicted molar refractivity (Wildman–Crippen MR) is 85.0 cm³/mol. The number of nitrogens with zero attached hydrogens (tertiary/aromatic N) is 2. The predicted octanol–water partition coefficient (Wildman–Crippen LogP) is 2.17. The van der Waals surface area contributed by atoms with Crippen molar-refractivity contribution in [3.8, 4) is 11.5 Å². The summed E-state index contributed by atoms with van der Waals surface area (Å²) in [4.78, 5) is 4.74. The van der Waals surface area contributed by atoms with Crippen molar-refractivity contribution in [1.82, 2.24) is 9.80 Å². The number of piperazine rings is 1. The van der Waals surface area contributed by atoms with Crippen molar-refractivity contribution in [3.05, 3.63) is 36.4 Å². The van der Waals surface area contributed by atoms with Gasteiger partial charge in [0, 0.05) is 32.7 Å². The summed E-state index contributed by atoms with van der Waals surface area (Å²) in [6.45, 7) is 5.91. The van der Waals surface area contributed by atoms with E-state index in [4.69, 9.17) is 4.74 Å². The van der Waals surface area contributed by atoms with E-state index in [1.54, 1.807) is 6.07 Å². The molecule has 1 aliphatic heterocycles. The first kappa shape index (κ1) is 14.2. The lowest BCUT2D eigenvalue weighted by Gasteiger charge is -2.32. The van der Waals surface area contributed by atoms with Crippen molar-refractivity contribution in [3.63, 3.8) is 0 Å². The Morgan fingerprint density at radius 3 is 2.43 bits per heavy atom. The molecule has 112 valence electrons. The molecule has 2 aromatic rings. The average Bonchev–Trinajstić information content (AvgIpc) is 2.50. The second-order valence-electron chi connectivity index (χ2n) is 5.66. The second kappa shape index (κ2) is 6.33. The normalized spacial score (nSPS) is 17.2. The Labute approximate surface area is 125 Å². The van der Waals surface area contributed by atoms with E-state index in [0.717, 1.165) is 43.5 Å². The molecule has 3 rings (SSSR count). The lowest BCUT2D eigenvalue weighted by atomic mass is 10.1. The molecule has 2 aromatic carbocycles. The van der Waals surface area contributed by atoms with Gasteiger partial charge < -0.3 is 14.7 Å². The quantitative estimate of drug-likeness (QED) is 0.934. The van der Waals surface area contributed by atoms with E-state index in [1.165, 1.54) is 0 Å². The number of fused-ring (bicyclic) bond motifs is 1. The SMILES string of the molecule is CN1CCN(CCOc2cc3ccccc3cc2O)CC1. The fourth-order valence-corrected chi connectivity index (χ4v) is 2.68. The van der Waals surface area contributed by atoms with Gasteiger partial charge in [-0.1, -0.05) is 24.3 Å². The van der Waals surface area contributed by atoms with Crippen LogP contribution in [0.15, 0.2) is 36.4 Å². The molecule has 1 fully saturated rings. The molecule has 0 unspecified atom stereocenters. The minimum atomic E-state index is 0.215. The third-order valence-corrected chi connectivity index (χ3v) is 4.09. The first-order valence-corrected chi connectivity index (χ1v) is 7.48.